The van der Waals surface area contributed by atoms with Crippen LogP contribution < -0.4 is 10.6 Å². The molecule has 2 aromatic carbocycles. The number of nitrogens with one attached hydrogen (secondary N) is 2. The van der Waals surface area contributed by atoms with Crippen LogP contribution in [0.2, 0.25) is 5.02 Å². The topological polar surface area (TPSA) is 66.9 Å². The lowest BCUT2D eigenvalue weighted by molar-refractivity contribution is -0.115. The first-order valence-electron chi connectivity index (χ1n) is 7.90. The van der Waals surface area contributed by atoms with E-state index >= 15 is 0 Å². The summed E-state index contributed by atoms with van der Waals surface area (Å²) < 4.78 is 0.724. The maximum Gasteiger partial charge on any atom is 0.237 e. The molecule has 0 unspecified atom stereocenters. The van der Waals surface area contributed by atoms with Gasteiger partial charge >= 0.3 is 0 Å². The zero-order chi connectivity index (χ0) is 18.5. The van der Waals surface area contributed by atoms with Gasteiger partial charge in [0.2, 0.25) is 11.0 Å². The molecule has 0 aliphatic carbocycles. The number of para-hydroxylation sites is 1. The minimum absolute atomic E-state index is 0.133. The van der Waals surface area contributed by atoms with E-state index in [0.29, 0.717) is 15.8 Å². The lowest BCUT2D eigenvalue weighted by Gasteiger charge is -2.11. The molecule has 0 fully saturated rings. The van der Waals surface area contributed by atoms with Gasteiger partial charge < -0.3 is 10.6 Å². The van der Waals surface area contributed by atoms with Crippen LogP contribution >= 0.6 is 34.7 Å². The monoisotopic (exact) mass is 404 g/mol. The van der Waals surface area contributed by atoms with Crippen molar-refractivity contribution in [1.29, 1.82) is 0 Å². The van der Waals surface area contributed by atoms with E-state index in [1.807, 2.05) is 50.2 Å². The third-order valence-electron chi connectivity index (χ3n) is 3.45. The summed E-state index contributed by atoms with van der Waals surface area (Å²) in [6.45, 7) is 3.86. The van der Waals surface area contributed by atoms with Crippen molar-refractivity contribution in [3.05, 3.63) is 59.1 Å². The van der Waals surface area contributed by atoms with E-state index in [0.717, 1.165) is 10.0 Å². The molecule has 2 N–H and O–H groups in total. The average Bonchev–Trinajstić information content (AvgIpc) is 3.03. The summed E-state index contributed by atoms with van der Waals surface area (Å²) >= 11 is 8.85. The predicted molar refractivity (Wildman–Crippen MR) is 110 cm³/mol. The Morgan fingerprint density at radius 2 is 2.00 bits per heavy atom. The summed E-state index contributed by atoms with van der Waals surface area (Å²) in [5.74, 6) is -0.133. The second kappa shape index (κ2) is 8.53. The number of carbonyl (C=O) groups excluding carboxylic acids is 1. The third kappa shape index (κ3) is 4.97. The molecule has 5 nitrogen and oxygen atoms in total. The van der Waals surface area contributed by atoms with Gasteiger partial charge in [0, 0.05) is 5.69 Å². The standard InChI is InChI=1S/C18H17ClN4OS2/c1-11-6-5-7-13(10-11)20-17-22-23-18(26-17)25-12(2)16(24)21-15-9-4-3-8-14(15)19/h3-10,12H,1-2H3,(H,20,22)(H,21,24)/t12-/m0/s1. The summed E-state index contributed by atoms with van der Waals surface area (Å²) in [6.07, 6.45) is 0. The molecule has 0 spiro atoms. The number of aryl methyl sites for hydroxylation is 1. The molecule has 0 aliphatic rings. The average molecular weight is 405 g/mol. The van der Waals surface area contributed by atoms with Gasteiger partial charge in [-0.05, 0) is 43.7 Å². The fourth-order valence-electron chi connectivity index (χ4n) is 2.16. The molecule has 0 bridgehead atoms. The molecule has 3 aromatic rings. The molecule has 0 saturated carbocycles. The third-order valence-corrected chi connectivity index (χ3v) is 5.81. The van der Waals surface area contributed by atoms with Crippen molar-refractivity contribution in [3.8, 4) is 0 Å². The van der Waals surface area contributed by atoms with Gasteiger partial charge in [0.25, 0.3) is 0 Å². The van der Waals surface area contributed by atoms with Crippen molar-refractivity contribution < 1.29 is 4.79 Å². The maximum absolute atomic E-state index is 12.4. The Labute approximate surface area is 165 Å². The second-order valence-electron chi connectivity index (χ2n) is 5.60. The van der Waals surface area contributed by atoms with Crippen LogP contribution in [0.1, 0.15) is 12.5 Å². The van der Waals surface area contributed by atoms with Crippen molar-refractivity contribution in [2.24, 2.45) is 0 Å². The van der Waals surface area contributed by atoms with E-state index in [2.05, 4.69) is 20.8 Å². The molecule has 26 heavy (non-hydrogen) atoms. The van der Waals surface area contributed by atoms with Crippen LogP contribution in [0.5, 0.6) is 0 Å². The van der Waals surface area contributed by atoms with Gasteiger partial charge in [-0.2, -0.15) is 0 Å². The molecule has 1 amide bonds. The van der Waals surface area contributed by atoms with Crippen LogP contribution in [0.4, 0.5) is 16.5 Å². The van der Waals surface area contributed by atoms with Gasteiger partial charge in [0.15, 0.2) is 4.34 Å². The number of aromatic nitrogens is 2. The second-order valence-corrected chi connectivity index (χ2v) is 8.57. The molecule has 3 rings (SSSR count). The molecular formula is C18H17ClN4OS2. The molecule has 1 heterocycles. The molecule has 8 heteroatoms. The van der Waals surface area contributed by atoms with Gasteiger partial charge in [-0.25, -0.2) is 0 Å². The zero-order valence-corrected chi connectivity index (χ0v) is 16.6. The number of thioether (sulfide) groups is 1. The lowest BCUT2D eigenvalue weighted by atomic mass is 10.2. The SMILES string of the molecule is Cc1cccc(Nc2nnc(S[C@@H](C)C(=O)Nc3ccccc3Cl)s2)c1. The number of hydrogen-bond donors (Lipinski definition) is 2. The van der Waals surface area contributed by atoms with E-state index in [1.165, 1.54) is 28.7 Å². The number of rotatable bonds is 6. The highest BCUT2D eigenvalue weighted by molar-refractivity contribution is 8.02. The number of anilines is 3. The summed E-state index contributed by atoms with van der Waals surface area (Å²) in [6, 6.07) is 15.2. The van der Waals surface area contributed by atoms with E-state index < -0.39 is 0 Å². The Morgan fingerprint density at radius 1 is 1.19 bits per heavy atom. The highest BCUT2D eigenvalue weighted by Gasteiger charge is 2.18. The van der Waals surface area contributed by atoms with Gasteiger partial charge in [0.1, 0.15) is 0 Å². The molecule has 1 atom stereocenters. The maximum atomic E-state index is 12.4. The van der Waals surface area contributed by atoms with Gasteiger partial charge in [-0.1, -0.05) is 59.0 Å². The van der Waals surface area contributed by atoms with Gasteiger partial charge in [-0.15, -0.1) is 10.2 Å². The van der Waals surface area contributed by atoms with Crippen molar-refractivity contribution in [1.82, 2.24) is 10.2 Å². The van der Waals surface area contributed by atoms with E-state index in [4.69, 9.17) is 11.6 Å². The molecule has 1 aromatic heterocycles. The molecular weight excluding hydrogens is 388 g/mol. The molecule has 0 saturated heterocycles. The van der Waals surface area contributed by atoms with Crippen molar-refractivity contribution in [2.45, 2.75) is 23.4 Å². The fraction of sp³-hybridized carbons (Fsp3) is 0.167. The summed E-state index contributed by atoms with van der Waals surface area (Å²) in [5.41, 5.74) is 2.73. The van der Waals surface area contributed by atoms with Crippen LogP contribution in [0, 0.1) is 6.92 Å². The first-order chi connectivity index (χ1) is 12.5. The fourth-order valence-corrected chi connectivity index (χ4v) is 4.26. The summed E-state index contributed by atoms with van der Waals surface area (Å²) in [4.78, 5) is 12.4. The van der Waals surface area contributed by atoms with Crippen LogP contribution in [0.15, 0.2) is 52.9 Å². The lowest BCUT2D eigenvalue weighted by Crippen LogP contribution is -2.22. The Morgan fingerprint density at radius 3 is 2.77 bits per heavy atom. The molecule has 0 radical (unpaired) electrons. The number of nitrogens with zero attached hydrogens (tertiary/aromatic N) is 2. The van der Waals surface area contributed by atoms with Gasteiger partial charge in [0.05, 0.1) is 16.0 Å². The highest BCUT2D eigenvalue weighted by Crippen LogP contribution is 2.31. The predicted octanol–water partition coefficient (Wildman–Crippen LogP) is 5.36. The van der Waals surface area contributed by atoms with Crippen LogP contribution in [-0.4, -0.2) is 21.4 Å². The minimum atomic E-state index is -0.328. The van der Waals surface area contributed by atoms with Crippen molar-refractivity contribution in [2.75, 3.05) is 10.6 Å². The molecule has 0 aliphatic heterocycles. The van der Waals surface area contributed by atoms with E-state index in [1.54, 1.807) is 12.1 Å². The van der Waals surface area contributed by atoms with Crippen molar-refractivity contribution in [3.63, 3.8) is 0 Å². The smallest absolute Gasteiger partial charge is 0.237 e. The number of hydrogen-bond acceptors (Lipinski definition) is 6. The Hall–Kier alpha value is -2.09. The minimum Gasteiger partial charge on any atom is -0.330 e. The largest absolute Gasteiger partial charge is 0.330 e. The van der Waals surface area contributed by atoms with Crippen LogP contribution in [0.25, 0.3) is 0 Å². The highest BCUT2D eigenvalue weighted by atomic mass is 35.5. The Bertz CT molecular complexity index is 915. The first kappa shape index (κ1) is 18.7. The number of carbonyl (C=O) groups is 1. The van der Waals surface area contributed by atoms with Crippen LogP contribution in [0.3, 0.4) is 0 Å². The van der Waals surface area contributed by atoms with Gasteiger partial charge in [-0.3, -0.25) is 4.79 Å². The Balaban J connectivity index is 1.59. The van der Waals surface area contributed by atoms with E-state index in [9.17, 15) is 4.79 Å². The summed E-state index contributed by atoms with van der Waals surface area (Å²) in [7, 11) is 0. The van der Waals surface area contributed by atoms with Crippen molar-refractivity contribution >= 4 is 57.1 Å². The number of halogens is 1. The normalized spacial score (nSPS) is 11.8. The molecule has 134 valence electrons. The van der Waals surface area contributed by atoms with E-state index in [-0.39, 0.29) is 11.2 Å². The number of amides is 1. The van der Waals surface area contributed by atoms with Crippen LogP contribution in [-0.2, 0) is 4.79 Å². The Kier molecular flexibility index (Phi) is 6.13. The first-order valence-corrected chi connectivity index (χ1v) is 9.98. The quantitative estimate of drug-likeness (QED) is 0.541. The number of benzene rings is 2. The summed E-state index contributed by atoms with van der Waals surface area (Å²) in [5, 5.41) is 15.2. The zero-order valence-electron chi connectivity index (χ0n) is 14.2.